The van der Waals surface area contributed by atoms with Crippen molar-refractivity contribution in [2.75, 3.05) is 45.8 Å². The van der Waals surface area contributed by atoms with E-state index >= 15 is 0 Å². The minimum Gasteiger partial charge on any atom is -0.480 e. The number of nitrogens with zero attached hydrogens (tertiary/aromatic N) is 3. The van der Waals surface area contributed by atoms with Crippen LogP contribution in [0.25, 0.3) is 0 Å². The van der Waals surface area contributed by atoms with Crippen LogP contribution in [0.5, 0.6) is 0 Å². The second kappa shape index (κ2) is 9.30. The zero-order valence-electron chi connectivity index (χ0n) is 13.9. The number of hydrogen-bond donors (Lipinski definition) is 4. The lowest BCUT2D eigenvalue weighted by molar-refractivity contribution is -0.147. The Labute approximate surface area is 144 Å². The topological polar surface area (TPSA) is 159 Å². The van der Waals surface area contributed by atoms with E-state index in [9.17, 15) is 19.2 Å². The molecule has 2 atom stereocenters. The first-order valence-electron chi connectivity index (χ1n) is 7.66. The van der Waals surface area contributed by atoms with Gasteiger partial charge in [0.25, 0.3) is 0 Å². The molecule has 1 aliphatic rings. The molecule has 0 aliphatic carbocycles. The van der Waals surface area contributed by atoms with Gasteiger partial charge in [-0.2, -0.15) is 0 Å². The van der Waals surface area contributed by atoms with Gasteiger partial charge in [-0.3, -0.25) is 33.9 Å². The SMILES string of the molecule is CC1CN(CC(=O)O)CC(N(CC(=O)O)CC(=O)O)N(CC(=O)O)C1. The first kappa shape index (κ1) is 20.8. The van der Waals surface area contributed by atoms with E-state index in [0.717, 1.165) is 4.90 Å². The van der Waals surface area contributed by atoms with Gasteiger partial charge in [0, 0.05) is 19.6 Å². The maximum atomic E-state index is 11.2. The Balaban J connectivity index is 3.14. The summed E-state index contributed by atoms with van der Waals surface area (Å²) in [6, 6.07) is 0. The number of carboxylic acids is 4. The summed E-state index contributed by atoms with van der Waals surface area (Å²) in [6.07, 6.45) is -0.840. The number of rotatable bonds is 9. The molecule has 25 heavy (non-hydrogen) atoms. The first-order chi connectivity index (χ1) is 11.6. The normalized spacial score (nSPS) is 22.5. The molecule has 0 amide bonds. The fraction of sp³-hybridized carbons (Fsp3) is 0.714. The number of aliphatic carboxylic acids is 4. The van der Waals surface area contributed by atoms with E-state index in [2.05, 4.69) is 0 Å². The zero-order valence-corrected chi connectivity index (χ0v) is 13.9. The quantitative estimate of drug-likeness (QED) is 0.367. The number of carboxylic acid groups (broad SMARTS) is 4. The van der Waals surface area contributed by atoms with Gasteiger partial charge >= 0.3 is 23.9 Å². The molecule has 0 bridgehead atoms. The molecule has 0 saturated carbocycles. The molecule has 11 nitrogen and oxygen atoms in total. The molecule has 1 rings (SSSR count). The Kier molecular flexibility index (Phi) is 7.74. The van der Waals surface area contributed by atoms with Gasteiger partial charge in [-0.1, -0.05) is 6.92 Å². The largest absolute Gasteiger partial charge is 0.480 e. The van der Waals surface area contributed by atoms with Gasteiger partial charge < -0.3 is 20.4 Å². The van der Waals surface area contributed by atoms with Gasteiger partial charge in [0.2, 0.25) is 0 Å². The van der Waals surface area contributed by atoms with Crippen molar-refractivity contribution in [1.29, 1.82) is 0 Å². The molecule has 0 aromatic rings. The van der Waals surface area contributed by atoms with Gasteiger partial charge in [-0.15, -0.1) is 0 Å². The highest BCUT2D eigenvalue weighted by molar-refractivity contribution is 5.73. The molecule has 1 fully saturated rings. The molecule has 0 aromatic heterocycles. The third kappa shape index (κ3) is 7.45. The fourth-order valence-corrected chi connectivity index (χ4v) is 3.07. The van der Waals surface area contributed by atoms with Crippen LogP contribution < -0.4 is 0 Å². The van der Waals surface area contributed by atoms with E-state index < -0.39 is 49.7 Å². The standard InChI is InChI=1S/C14H23N3O8/c1-9-2-15(5-11(18)19)4-10(16(3-9)6-12(20)21)17(7-13(22)23)8-14(24)25/h9-10H,2-8H2,1H3,(H,18,19)(H,20,21)(H,22,23)(H,24,25). The lowest BCUT2D eigenvalue weighted by Gasteiger charge is -2.37. The molecule has 4 N–H and O–H groups in total. The van der Waals surface area contributed by atoms with Crippen LogP contribution in [0.2, 0.25) is 0 Å². The fourth-order valence-electron chi connectivity index (χ4n) is 3.07. The molecule has 142 valence electrons. The predicted molar refractivity (Wildman–Crippen MR) is 83.1 cm³/mol. The second-order valence-electron chi connectivity index (χ2n) is 6.19. The summed E-state index contributed by atoms with van der Waals surface area (Å²) >= 11 is 0. The first-order valence-corrected chi connectivity index (χ1v) is 7.66. The average molecular weight is 361 g/mol. The second-order valence-corrected chi connectivity index (χ2v) is 6.19. The van der Waals surface area contributed by atoms with Crippen molar-refractivity contribution in [3.05, 3.63) is 0 Å². The molecule has 1 heterocycles. The third-order valence-corrected chi connectivity index (χ3v) is 3.75. The Morgan fingerprint density at radius 2 is 1.36 bits per heavy atom. The van der Waals surface area contributed by atoms with Crippen molar-refractivity contribution < 1.29 is 39.6 Å². The zero-order chi connectivity index (χ0) is 19.1. The van der Waals surface area contributed by atoms with Crippen molar-refractivity contribution in [2.45, 2.75) is 13.1 Å². The highest BCUT2D eigenvalue weighted by Crippen LogP contribution is 2.17. The Morgan fingerprint density at radius 3 is 1.80 bits per heavy atom. The summed E-state index contributed by atoms with van der Waals surface area (Å²) in [5.41, 5.74) is 0. The van der Waals surface area contributed by atoms with Gasteiger partial charge in [-0.25, -0.2) is 0 Å². The van der Waals surface area contributed by atoms with Crippen LogP contribution in [0.1, 0.15) is 6.92 Å². The molecular weight excluding hydrogens is 338 g/mol. The van der Waals surface area contributed by atoms with Crippen molar-refractivity contribution in [2.24, 2.45) is 5.92 Å². The summed E-state index contributed by atoms with van der Waals surface area (Å²) in [5.74, 6) is -4.77. The van der Waals surface area contributed by atoms with Crippen LogP contribution >= 0.6 is 0 Å². The van der Waals surface area contributed by atoms with Crippen LogP contribution in [0, 0.1) is 5.92 Å². The van der Waals surface area contributed by atoms with E-state index in [4.69, 9.17) is 20.4 Å². The summed E-state index contributed by atoms with van der Waals surface area (Å²) in [4.78, 5) is 48.6. The summed E-state index contributed by atoms with van der Waals surface area (Å²) in [7, 11) is 0. The molecular formula is C14H23N3O8. The minimum atomic E-state index is -1.25. The van der Waals surface area contributed by atoms with E-state index in [1.807, 2.05) is 6.92 Å². The van der Waals surface area contributed by atoms with Crippen LogP contribution in [-0.2, 0) is 19.2 Å². The Hall–Kier alpha value is -2.24. The van der Waals surface area contributed by atoms with E-state index in [-0.39, 0.29) is 25.6 Å². The smallest absolute Gasteiger partial charge is 0.317 e. The van der Waals surface area contributed by atoms with E-state index in [0.29, 0.717) is 6.54 Å². The van der Waals surface area contributed by atoms with Crippen molar-refractivity contribution >= 4 is 23.9 Å². The summed E-state index contributed by atoms with van der Waals surface area (Å²) in [5, 5.41) is 36.2. The number of hydrogen-bond acceptors (Lipinski definition) is 7. The lowest BCUT2D eigenvalue weighted by Crippen LogP contribution is -2.56. The summed E-state index contributed by atoms with van der Waals surface area (Å²) in [6.45, 7) is 0.636. The van der Waals surface area contributed by atoms with Crippen molar-refractivity contribution in [3.8, 4) is 0 Å². The van der Waals surface area contributed by atoms with Crippen LogP contribution in [-0.4, -0.2) is 111 Å². The monoisotopic (exact) mass is 361 g/mol. The molecule has 0 radical (unpaired) electrons. The Morgan fingerprint density at radius 1 is 0.840 bits per heavy atom. The highest BCUT2D eigenvalue weighted by atomic mass is 16.4. The Bertz CT molecular complexity index is 510. The van der Waals surface area contributed by atoms with Crippen molar-refractivity contribution in [3.63, 3.8) is 0 Å². The van der Waals surface area contributed by atoms with Crippen LogP contribution in [0.15, 0.2) is 0 Å². The van der Waals surface area contributed by atoms with Crippen LogP contribution in [0.4, 0.5) is 0 Å². The van der Waals surface area contributed by atoms with Crippen LogP contribution in [0.3, 0.4) is 0 Å². The van der Waals surface area contributed by atoms with Crippen molar-refractivity contribution in [1.82, 2.24) is 14.7 Å². The lowest BCUT2D eigenvalue weighted by atomic mass is 10.1. The maximum Gasteiger partial charge on any atom is 0.317 e. The molecule has 1 aliphatic heterocycles. The maximum absolute atomic E-state index is 11.2. The van der Waals surface area contributed by atoms with E-state index in [1.165, 1.54) is 4.90 Å². The predicted octanol–water partition coefficient (Wildman–Crippen LogP) is -1.79. The van der Waals surface area contributed by atoms with Gasteiger partial charge in [0.05, 0.1) is 32.3 Å². The van der Waals surface area contributed by atoms with Gasteiger partial charge in [0.1, 0.15) is 0 Å². The van der Waals surface area contributed by atoms with E-state index in [1.54, 1.807) is 4.90 Å². The highest BCUT2D eigenvalue weighted by Gasteiger charge is 2.35. The molecule has 11 heteroatoms. The molecule has 0 aromatic carbocycles. The van der Waals surface area contributed by atoms with Gasteiger partial charge in [0.15, 0.2) is 0 Å². The average Bonchev–Trinajstić information content (AvgIpc) is 2.54. The minimum absolute atomic E-state index is 0.0322. The molecule has 1 saturated heterocycles. The molecule has 2 unspecified atom stereocenters. The summed E-state index contributed by atoms with van der Waals surface area (Å²) < 4.78 is 0. The third-order valence-electron chi connectivity index (χ3n) is 3.75. The van der Waals surface area contributed by atoms with Gasteiger partial charge in [-0.05, 0) is 5.92 Å². The molecule has 0 spiro atoms. The number of carbonyl (C=O) groups is 4.